The summed E-state index contributed by atoms with van der Waals surface area (Å²) in [7, 11) is 0. The zero-order valence-corrected chi connectivity index (χ0v) is 19.9. The molecule has 1 aromatic carbocycles. The Morgan fingerprint density at radius 3 is 2.74 bits per heavy atom. The van der Waals surface area contributed by atoms with Crippen LogP contribution >= 0.6 is 15.9 Å². The number of allylic oxidation sites excluding steroid dienone is 3. The van der Waals surface area contributed by atoms with Crippen molar-refractivity contribution in [2.75, 3.05) is 13.2 Å². The van der Waals surface area contributed by atoms with Gasteiger partial charge >= 0.3 is 5.97 Å². The summed E-state index contributed by atoms with van der Waals surface area (Å²) in [5.74, 6) is -0.654. The number of ketones is 1. The van der Waals surface area contributed by atoms with E-state index in [1.165, 1.54) is 0 Å². The van der Waals surface area contributed by atoms with Crippen LogP contribution in [0.3, 0.4) is 0 Å². The first-order valence-corrected chi connectivity index (χ1v) is 11.7. The molecule has 31 heavy (non-hydrogen) atoms. The van der Waals surface area contributed by atoms with Gasteiger partial charge in [-0.15, -0.1) is 0 Å². The van der Waals surface area contributed by atoms with E-state index >= 15 is 0 Å². The molecule has 0 radical (unpaired) electrons. The average molecular weight is 492 g/mol. The summed E-state index contributed by atoms with van der Waals surface area (Å²) in [5.41, 5.74) is 3.31. The molecule has 0 saturated heterocycles. The third-order valence-corrected chi connectivity index (χ3v) is 6.27. The van der Waals surface area contributed by atoms with Crippen molar-refractivity contribution in [3.05, 3.63) is 44.7 Å². The number of Topliss-reactive ketones (excluding diaryl/α,β-unsaturated/α-hetero) is 1. The highest BCUT2D eigenvalue weighted by molar-refractivity contribution is 9.10. The molecule has 0 amide bonds. The molecule has 0 saturated carbocycles. The van der Waals surface area contributed by atoms with Crippen LogP contribution in [0.1, 0.15) is 70.8 Å². The molecular weight excluding hydrogens is 462 g/mol. The molecule has 3 rings (SSSR count). The summed E-state index contributed by atoms with van der Waals surface area (Å²) < 4.78 is 11.6. The lowest BCUT2D eigenvalue weighted by Gasteiger charge is -2.34. The quantitative estimate of drug-likeness (QED) is 0.381. The Kier molecular flexibility index (Phi) is 7.81. The van der Waals surface area contributed by atoms with Crippen LogP contribution in [0.25, 0.3) is 0 Å². The molecule has 1 atom stereocenters. The Bertz CT molecular complexity index is 934. The van der Waals surface area contributed by atoms with Crippen molar-refractivity contribution in [2.24, 2.45) is 0 Å². The van der Waals surface area contributed by atoms with E-state index in [0.717, 1.165) is 37.8 Å². The minimum Gasteiger partial charge on any atom is -0.503 e. The molecule has 2 N–H and O–H groups in total. The molecule has 1 unspecified atom stereocenters. The standard InChI is InChI=1S/C24H30BrNO5/c1-4-6-7-11-31-24(29)20-14(3)26-17-9-8-10-18(27)22(17)21(20)15-12-16(25)23(28)19(13-15)30-5-2/h12-13,21,26,28H,4-11H2,1-3H3. The Morgan fingerprint density at radius 1 is 1.26 bits per heavy atom. The van der Waals surface area contributed by atoms with Crippen LogP contribution in [0.5, 0.6) is 11.5 Å². The maximum Gasteiger partial charge on any atom is 0.336 e. The number of phenols is 1. The zero-order valence-electron chi connectivity index (χ0n) is 18.3. The average Bonchev–Trinajstić information content (AvgIpc) is 2.73. The number of dihydropyridines is 1. The van der Waals surface area contributed by atoms with Crippen LogP contribution in [-0.2, 0) is 14.3 Å². The topological polar surface area (TPSA) is 84.9 Å². The number of hydrogen-bond donors (Lipinski definition) is 2. The number of carbonyl (C=O) groups is 2. The molecule has 168 valence electrons. The van der Waals surface area contributed by atoms with Crippen molar-refractivity contribution < 1.29 is 24.2 Å². The van der Waals surface area contributed by atoms with Crippen LogP contribution in [0.2, 0.25) is 0 Å². The molecule has 0 aromatic heterocycles. The highest BCUT2D eigenvalue weighted by Crippen LogP contribution is 2.46. The Morgan fingerprint density at radius 2 is 2.03 bits per heavy atom. The summed E-state index contributed by atoms with van der Waals surface area (Å²) in [4.78, 5) is 26.1. The predicted octanol–water partition coefficient (Wildman–Crippen LogP) is 5.25. The molecule has 0 bridgehead atoms. The number of rotatable bonds is 8. The largest absolute Gasteiger partial charge is 0.503 e. The minimum absolute atomic E-state index is 0.00639. The fraction of sp³-hybridized carbons (Fsp3) is 0.500. The highest BCUT2D eigenvalue weighted by atomic mass is 79.9. The number of aromatic hydroxyl groups is 1. The summed E-state index contributed by atoms with van der Waals surface area (Å²) in [6.07, 6.45) is 4.82. The van der Waals surface area contributed by atoms with Gasteiger partial charge in [0.2, 0.25) is 0 Å². The van der Waals surface area contributed by atoms with Gasteiger partial charge in [-0.05, 0) is 66.7 Å². The van der Waals surface area contributed by atoms with Crippen LogP contribution in [0.4, 0.5) is 0 Å². The summed E-state index contributed by atoms with van der Waals surface area (Å²) >= 11 is 3.39. The minimum atomic E-state index is -0.571. The molecule has 1 aliphatic heterocycles. The lowest BCUT2D eigenvalue weighted by molar-refractivity contribution is -0.139. The molecule has 0 fully saturated rings. The summed E-state index contributed by atoms with van der Waals surface area (Å²) in [5, 5.41) is 13.7. The van der Waals surface area contributed by atoms with Gasteiger partial charge in [-0.25, -0.2) is 4.79 Å². The van der Waals surface area contributed by atoms with E-state index in [2.05, 4.69) is 28.2 Å². The second-order valence-corrected chi connectivity index (χ2v) is 8.75. The number of unbranched alkanes of at least 4 members (excludes halogenated alkanes) is 2. The molecule has 6 nitrogen and oxygen atoms in total. The van der Waals surface area contributed by atoms with E-state index in [1.54, 1.807) is 12.1 Å². The SMILES string of the molecule is CCCCCOC(=O)C1=C(C)NC2=C(C(=O)CCC2)C1c1cc(Br)c(O)c(OCC)c1. The van der Waals surface area contributed by atoms with Gasteiger partial charge in [0.05, 0.1) is 23.3 Å². The van der Waals surface area contributed by atoms with Crippen LogP contribution in [-0.4, -0.2) is 30.1 Å². The van der Waals surface area contributed by atoms with E-state index in [9.17, 15) is 14.7 Å². The van der Waals surface area contributed by atoms with Crippen molar-refractivity contribution in [1.29, 1.82) is 0 Å². The highest BCUT2D eigenvalue weighted by Gasteiger charge is 2.39. The van der Waals surface area contributed by atoms with Crippen LogP contribution in [0, 0.1) is 0 Å². The number of esters is 1. The Labute approximate surface area is 191 Å². The number of hydrogen-bond acceptors (Lipinski definition) is 6. The number of carbonyl (C=O) groups excluding carboxylic acids is 2. The van der Waals surface area contributed by atoms with Crippen molar-refractivity contribution in [2.45, 2.75) is 65.2 Å². The first kappa shape index (κ1) is 23.4. The second-order valence-electron chi connectivity index (χ2n) is 7.89. The molecule has 1 heterocycles. The Hall–Kier alpha value is -2.28. The number of halogens is 1. The van der Waals surface area contributed by atoms with E-state index in [1.807, 2.05) is 13.8 Å². The van der Waals surface area contributed by atoms with Gasteiger partial charge in [-0.1, -0.05) is 19.8 Å². The van der Waals surface area contributed by atoms with Gasteiger partial charge < -0.3 is 19.9 Å². The summed E-state index contributed by atoms with van der Waals surface area (Å²) in [6.45, 7) is 6.50. The molecule has 0 spiro atoms. The lowest BCUT2D eigenvalue weighted by Crippen LogP contribution is -2.34. The molecule has 7 heteroatoms. The van der Waals surface area contributed by atoms with Gasteiger partial charge in [-0.2, -0.15) is 0 Å². The molecule has 1 aliphatic carbocycles. The lowest BCUT2D eigenvalue weighted by atomic mass is 9.75. The van der Waals surface area contributed by atoms with Crippen molar-refractivity contribution in [3.63, 3.8) is 0 Å². The van der Waals surface area contributed by atoms with Crippen molar-refractivity contribution >= 4 is 27.7 Å². The smallest absolute Gasteiger partial charge is 0.336 e. The van der Waals surface area contributed by atoms with Crippen molar-refractivity contribution in [3.8, 4) is 11.5 Å². The monoisotopic (exact) mass is 491 g/mol. The van der Waals surface area contributed by atoms with Crippen LogP contribution < -0.4 is 10.1 Å². The van der Waals surface area contributed by atoms with E-state index in [4.69, 9.17) is 9.47 Å². The molecule has 2 aliphatic rings. The van der Waals surface area contributed by atoms with Gasteiger partial charge in [0.25, 0.3) is 0 Å². The van der Waals surface area contributed by atoms with Gasteiger partial charge in [0.1, 0.15) is 0 Å². The number of nitrogens with one attached hydrogen (secondary N) is 1. The van der Waals surface area contributed by atoms with Crippen LogP contribution in [0.15, 0.2) is 39.1 Å². The number of benzene rings is 1. The third-order valence-electron chi connectivity index (χ3n) is 5.66. The van der Waals surface area contributed by atoms with E-state index < -0.39 is 11.9 Å². The van der Waals surface area contributed by atoms with Gasteiger partial charge in [-0.3, -0.25) is 4.79 Å². The zero-order chi connectivity index (χ0) is 22.5. The summed E-state index contributed by atoms with van der Waals surface area (Å²) in [6, 6.07) is 3.46. The van der Waals surface area contributed by atoms with Crippen molar-refractivity contribution in [1.82, 2.24) is 5.32 Å². The second kappa shape index (κ2) is 10.4. The maximum atomic E-state index is 13.2. The first-order valence-electron chi connectivity index (χ1n) is 10.9. The molecular formula is C24H30BrNO5. The maximum absolute atomic E-state index is 13.2. The van der Waals surface area contributed by atoms with Gasteiger partial charge in [0.15, 0.2) is 17.3 Å². The molecule has 1 aromatic rings. The number of ether oxygens (including phenoxy) is 2. The first-order chi connectivity index (χ1) is 14.9. The van der Waals surface area contributed by atoms with E-state index in [0.29, 0.717) is 52.3 Å². The fourth-order valence-corrected chi connectivity index (χ4v) is 4.67. The fourth-order valence-electron chi connectivity index (χ4n) is 4.21. The predicted molar refractivity (Wildman–Crippen MR) is 122 cm³/mol. The third kappa shape index (κ3) is 4.97. The number of phenolic OH excluding ortho intramolecular Hbond substituents is 1. The Balaban J connectivity index is 2.08. The van der Waals surface area contributed by atoms with Gasteiger partial charge in [0, 0.05) is 29.3 Å². The normalized spacial score (nSPS) is 18.6. The van der Waals surface area contributed by atoms with E-state index in [-0.39, 0.29) is 11.5 Å².